The predicted octanol–water partition coefficient (Wildman–Crippen LogP) is 2.13. The molecule has 5 nitrogen and oxygen atoms in total. The van der Waals surface area contributed by atoms with Crippen LogP contribution in [0.1, 0.15) is 16.2 Å². The number of pyridine rings is 1. The predicted molar refractivity (Wildman–Crippen MR) is 83.9 cm³/mol. The Morgan fingerprint density at radius 1 is 1.29 bits per heavy atom. The summed E-state index contributed by atoms with van der Waals surface area (Å²) in [5.74, 6) is 0.0678. The molecule has 6 heteroatoms. The van der Waals surface area contributed by atoms with Gasteiger partial charge in [0.15, 0.2) is 0 Å². The summed E-state index contributed by atoms with van der Waals surface area (Å²) in [6.45, 7) is 4.11. The highest BCUT2D eigenvalue weighted by molar-refractivity contribution is 9.10. The van der Waals surface area contributed by atoms with E-state index in [0.717, 1.165) is 42.9 Å². The number of amides is 1. The van der Waals surface area contributed by atoms with E-state index in [1.54, 1.807) is 6.20 Å². The molecule has 0 aromatic carbocycles. The zero-order chi connectivity index (χ0) is 14.7. The molecule has 0 bridgehead atoms. The number of hydrogen-bond donors (Lipinski definition) is 1. The van der Waals surface area contributed by atoms with E-state index in [0.29, 0.717) is 5.69 Å². The van der Waals surface area contributed by atoms with Gasteiger partial charge >= 0.3 is 0 Å². The first-order valence-corrected chi connectivity index (χ1v) is 7.77. The maximum absolute atomic E-state index is 12.3. The summed E-state index contributed by atoms with van der Waals surface area (Å²) < 4.78 is 0.902. The number of nitrogens with zero attached hydrogens (tertiary/aromatic N) is 3. The van der Waals surface area contributed by atoms with Crippen molar-refractivity contribution < 1.29 is 4.79 Å². The van der Waals surface area contributed by atoms with E-state index in [9.17, 15) is 4.79 Å². The van der Waals surface area contributed by atoms with Crippen LogP contribution < -0.4 is 0 Å². The van der Waals surface area contributed by atoms with E-state index in [-0.39, 0.29) is 5.91 Å². The van der Waals surface area contributed by atoms with Gasteiger partial charge in [0.2, 0.25) is 0 Å². The first kappa shape index (κ1) is 14.3. The molecule has 3 rings (SSSR count). The number of nitrogens with one attached hydrogen (secondary N) is 1. The number of carbonyl (C=O) groups excluding carboxylic acids is 1. The highest BCUT2D eigenvalue weighted by Crippen LogP contribution is 2.14. The molecule has 0 atom stereocenters. The molecule has 3 heterocycles. The van der Waals surface area contributed by atoms with Gasteiger partial charge in [0.05, 0.1) is 5.69 Å². The molecule has 0 saturated carbocycles. The maximum Gasteiger partial charge on any atom is 0.270 e. The number of hydrogen-bond acceptors (Lipinski definition) is 3. The lowest BCUT2D eigenvalue weighted by Crippen LogP contribution is -2.48. The Hall–Kier alpha value is -1.66. The van der Waals surface area contributed by atoms with Gasteiger partial charge in [-0.05, 0) is 34.1 Å². The van der Waals surface area contributed by atoms with Crippen LogP contribution in [0.5, 0.6) is 0 Å². The summed E-state index contributed by atoms with van der Waals surface area (Å²) in [5.41, 5.74) is 1.71. The van der Waals surface area contributed by atoms with Crippen molar-refractivity contribution in [3.8, 4) is 0 Å². The van der Waals surface area contributed by atoms with Gasteiger partial charge in [-0.1, -0.05) is 6.07 Å². The van der Waals surface area contributed by atoms with Crippen molar-refractivity contribution in [3.63, 3.8) is 0 Å². The Morgan fingerprint density at radius 3 is 2.71 bits per heavy atom. The molecule has 1 aliphatic rings. The molecule has 21 heavy (non-hydrogen) atoms. The first-order chi connectivity index (χ1) is 10.2. The molecule has 1 aliphatic heterocycles. The van der Waals surface area contributed by atoms with Crippen molar-refractivity contribution >= 4 is 21.8 Å². The number of rotatable bonds is 3. The number of H-pyrrole nitrogens is 1. The average molecular weight is 349 g/mol. The molecule has 1 amide bonds. The molecular weight excluding hydrogens is 332 g/mol. The number of aromatic nitrogens is 2. The minimum atomic E-state index is 0.0678. The van der Waals surface area contributed by atoms with Crippen LogP contribution in [0, 0.1) is 0 Å². The third-order valence-corrected chi connectivity index (χ3v) is 4.11. The molecule has 2 aromatic heterocycles. The highest BCUT2D eigenvalue weighted by Gasteiger charge is 2.23. The summed E-state index contributed by atoms with van der Waals surface area (Å²) in [5, 5.41) is 0. The lowest BCUT2D eigenvalue weighted by atomic mass is 10.2. The number of carbonyl (C=O) groups is 1. The van der Waals surface area contributed by atoms with Crippen molar-refractivity contribution in [1.29, 1.82) is 0 Å². The van der Waals surface area contributed by atoms with Crippen LogP contribution in [0.3, 0.4) is 0 Å². The smallest absolute Gasteiger partial charge is 0.270 e. The van der Waals surface area contributed by atoms with Crippen LogP contribution in [-0.2, 0) is 6.54 Å². The molecule has 1 fully saturated rings. The summed E-state index contributed by atoms with van der Waals surface area (Å²) in [6.07, 6.45) is 3.60. The Balaban J connectivity index is 1.54. The summed E-state index contributed by atoms with van der Waals surface area (Å²) in [6, 6.07) is 7.79. The summed E-state index contributed by atoms with van der Waals surface area (Å²) in [7, 11) is 0. The molecule has 2 aromatic rings. The maximum atomic E-state index is 12.3. The Kier molecular flexibility index (Phi) is 4.36. The second-order valence-electron chi connectivity index (χ2n) is 5.12. The van der Waals surface area contributed by atoms with Crippen LogP contribution in [-0.4, -0.2) is 51.9 Å². The van der Waals surface area contributed by atoms with E-state index in [1.807, 2.05) is 35.4 Å². The molecule has 0 aliphatic carbocycles. The van der Waals surface area contributed by atoms with Gasteiger partial charge < -0.3 is 9.88 Å². The van der Waals surface area contributed by atoms with E-state index < -0.39 is 0 Å². The minimum absolute atomic E-state index is 0.0678. The first-order valence-electron chi connectivity index (χ1n) is 6.98. The van der Waals surface area contributed by atoms with Gasteiger partial charge in [-0.2, -0.15) is 0 Å². The molecule has 0 spiro atoms. The topological polar surface area (TPSA) is 52.2 Å². The monoisotopic (exact) mass is 348 g/mol. The molecule has 1 N–H and O–H groups in total. The number of halogens is 1. The normalized spacial score (nSPS) is 16.1. The van der Waals surface area contributed by atoms with Crippen LogP contribution in [0.15, 0.2) is 41.1 Å². The van der Waals surface area contributed by atoms with E-state index in [2.05, 4.69) is 30.8 Å². The number of piperazine rings is 1. The zero-order valence-electron chi connectivity index (χ0n) is 11.6. The van der Waals surface area contributed by atoms with Crippen LogP contribution in [0.2, 0.25) is 0 Å². The van der Waals surface area contributed by atoms with E-state index in [1.165, 1.54) is 0 Å². The second kappa shape index (κ2) is 6.41. The molecule has 0 radical (unpaired) electrons. The van der Waals surface area contributed by atoms with Crippen molar-refractivity contribution in [2.45, 2.75) is 6.54 Å². The number of aromatic amines is 1. The van der Waals surface area contributed by atoms with E-state index >= 15 is 0 Å². The summed E-state index contributed by atoms with van der Waals surface area (Å²) in [4.78, 5) is 23.9. The van der Waals surface area contributed by atoms with Crippen molar-refractivity contribution in [1.82, 2.24) is 19.8 Å². The van der Waals surface area contributed by atoms with E-state index in [4.69, 9.17) is 0 Å². The SMILES string of the molecule is O=C(c1cc(Br)c[nH]1)N1CCN(Cc2ccccn2)CC1. The molecular formula is C15H17BrN4O. The van der Waals surface area contributed by atoms with Gasteiger partial charge in [-0.25, -0.2) is 0 Å². The molecule has 1 saturated heterocycles. The standard InChI is InChI=1S/C15H17BrN4O/c16-12-9-14(18-10-12)15(21)20-7-5-19(6-8-20)11-13-3-1-2-4-17-13/h1-4,9-10,18H,5-8,11H2. The van der Waals surface area contributed by atoms with Crippen molar-refractivity contribution in [2.75, 3.05) is 26.2 Å². The fourth-order valence-electron chi connectivity index (χ4n) is 2.49. The Labute approximate surface area is 132 Å². The third kappa shape index (κ3) is 3.51. The minimum Gasteiger partial charge on any atom is -0.356 e. The fraction of sp³-hybridized carbons (Fsp3) is 0.333. The highest BCUT2D eigenvalue weighted by atomic mass is 79.9. The Morgan fingerprint density at radius 2 is 2.10 bits per heavy atom. The Bertz CT molecular complexity index is 605. The quantitative estimate of drug-likeness (QED) is 0.924. The molecule has 110 valence electrons. The molecule has 0 unspecified atom stereocenters. The summed E-state index contributed by atoms with van der Waals surface area (Å²) >= 11 is 3.35. The third-order valence-electron chi connectivity index (χ3n) is 3.65. The van der Waals surface area contributed by atoms with Crippen LogP contribution >= 0.6 is 15.9 Å². The largest absolute Gasteiger partial charge is 0.356 e. The van der Waals surface area contributed by atoms with Gasteiger partial charge in [0, 0.05) is 49.6 Å². The van der Waals surface area contributed by atoms with Gasteiger partial charge in [0.25, 0.3) is 5.91 Å². The van der Waals surface area contributed by atoms with Crippen LogP contribution in [0.25, 0.3) is 0 Å². The van der Waals surface area contributed by atoms with Gasteiger partial charge in [-0.3, -0.25) is 14.7 Å². The van der Waals surface area contributed by atoms with Gasteiger partial charge in [-0.15, -0.1) is 0 Å². The fourth-order valence-corrected chi connectivity index (χ4v) is 2.83. The van der Waals surface area contributed by atoms with Crippen molar-refractivity contribution in [2.24, 2.45) is 0 Å². The lowest BCUT2D eigenvalue weighted by Gasteiger charge is -2.34. The zero-order valence-corrected chi connectivity index (χ0v) is 13.2. The van der Waals surface area contributed by atoms with Gasteiger partial charge in [0.1, 0.15) is 5.69 Å². The lowest BCUT2D eigenvalue weighted by molar-refractivity contribution is 0.0622. The second-order valence-corrected chi connectivity index (χ2v) is 6.04. The van der Waals surface area contributed by atoms with Crippen LogP contribution in [0.4, 0.5) is 0 Å². The van der Waals surface area contributed by atoms with Crippen molar-refractivity contribution in [3.05, 3.63) is 52.5 Å². The average Bonchev–Trinajstić information content (AvgIpc) is 2.95.